The highest BCUT2D eigenvalue weighted by Crippen LogP contribution is 2.44. The highest BCUT2D eigenvalue weighted by Gasteiger charge is 2.22. The maximum Gasteiger partial charge on any atom is 0.0541 e. The molecule has 0 aliphatic heterocycles. The Morgan fingerprint density at radius 2 is 1.57 bits per heavy atom. The summed E-state index contributed by atoms with van der Waals surface area (Å²) in [4.78, 5) is 1.27. The number of benzene rings is 5. The first-order valence-corrected chi connectivity index (χ1v) is 16.9. The molecule has 5 aromatic carbocycles. The lowest BCUT2D eigenvalue weighted by molar-refractivity contribution is 1.26. The molecule has 222 valence electrons. The molecule has 2 heterocycles. The van der Waals surface area contributed by atoms with Gasteiger partial charge in [-0.1, -0.05) is 122 Å². The highest BCUT2D eigenvalue weighted by molar-refractivity contribution is 7.20. The third-order valence-corrected chi connectivity index (χ3v) is 10.6. The Bertz CT molecular complexity index is 2450. The van der Waals surface area contributed by atoms with E-state index in [4.69, 9.17) is 0 Å². The van der Waals surface area contributed by atoms with Gasteiger partial charge in [-0.05, 0) is 89.1 Å². The van der Waals surface area contributed by atoms with Crippen molar-refractivity contribution in [2.45, 2.75) is 26.7 Å². The van der Waals surface area contributed by atoms with E-state index in [1.54, 1.807) is 0 Å². The zero-order valence-corrected chi connectivity index (χ0v) is 27.1. The first-order valence-electron chi connectivity index (χ1n) is 16.1. The van der Waals surface area contributed by atoms with Crippen LogP contribution in [0.4, 0.5) is 0 Å². The number of allylic oxidation sites excluding steroid dienone is 7. The Morgan fingerprint density at radius 1 is 0.783 bits per heavy atom. The lowest BCUT2D eigenvalue weighted by atomic mass is 9.96. The van der Waals surface area contributed by atoms with E-state index in [2.05, 4.69) is 159 Å². The second-order valence-electron chi connectivity index (χ2n) is 11.9. The van der Waals surface area contributed by atoms with Crippen LogP contribution in [0, 0.1) is 0 Å². The normalized spacial score (nSPS) is 13.6. The van der Waals surface area contributed by atoms with Crippen molar-refractivity contribution >= 4 is 71.9 Å². The monoisotopic (exact) mass is 609 g/mol. The molecular formula is C44H35NS. The Kier molecular flexibility index (Phi) is 7.16. The van der Waals surface area contributed by atoms with Gasteiger partial charge in [-0.25, -0.2) is 0 Å². The van der Waals surface area contributed by atoms with Gasteiger partial charge in [-0.15, -0.1) is 11.3 Å². The van der Waals surface area contributed by atoms with Gasteiger partial charge in [0.05, 0.1) is 11.0 Å². The zero-order chi connectivity index (χ0) is 31.2. The summed E-state index contributed by atoms with van der Waals surface area (Å²) in [6, 6.07) is 35.6. The van der Waals surface area contributed by atoms with E-state index >= 15 is 0 Å². The average Bonchev–Trinajstić information content (AvgIpc) is 3.76. The standard InChI is InChI=1S/C44H35NS/c1-4-15-29(31(5-2)44-32(6-3)36-19-10-12-22-42(36)46-44)16-13-14-27-45-40-21-11-9-20-38(40)43-37-24-23-34-33-18-8-7-17-30(33)28-39(34)35(37)25-26-41(43)45/h4-12,14-27H,3,13,28H2,1-2H3/b15-4-,27-14?,29-16+,31-5-. The topological polar surface area (TPSA) is 4.93 Å². The van der Waals surface area contributed by atoms with Gasteiger partial charge in [0.2, 0.25) is 0 Å². The van der Waals surface area contributed by atoms with Crippen molar-refractivity contribution in [3.63, 3.8) is 0 Å². The van der Waals surface area contributed by atoms with E-state index in [0.717, 1.165) is 12.8 Å². The molecule has 8 rings (SSSR count). The number of hydrogen-bond donors (Lipinski definition) is 0. The van der Waals surface area contributed by atoms with Crippen molar-refractivity contribution < 1.29 is 0 Å². The van der Waals surface area contributed by atoms with E-state index in [0.29, 0.717) is 0 Å². The number of nitrogens with zero attached hydrogens (tertiary/aromatic N) is 1. The molecule has 0 unspecified atom stereocenters. The molecular weight excluding hydrogens is 575 g/mol. The van der Waals surface area contributed by atoms with Gasteiger partial charge in [0.25, 0.3) is 0 Å². The van der Waals surface area contributed by atoms with Gasteiger partial charge in [0, 0.05) is 37.5 Å². The van der Waals surface area contributed by atoms with Gasteiger partial charge in [0.15, 0.2) is 0 Å². The van der Waals surface area contributed by atoms with Crippen LogP contribution in [-0.4, -0.2) is 4.57 Å². The molecule has 0 saturated heterocycles. The first kappa shape index (κ1) is 28.3. The number of rotatable bonds is 7. The van der Waals surface area contributed by atoms with Crippen LogP contribution in [0.25, 0.3) is 71.6 Å². The second kappa shape index (κ2) is 11.6. The predicted octanol–water partition coefficient (Wildman–Crippen LogP) is 12.8. The van der Waals surface area contributed by atoms with E-state index in [9.17, 15) is 0 Å². The van der Waals surface area contributed by atoms with Crippen LogP contribution in [-0.2, 0) is 6.42 Å². The summed E-state index contributed by atoms with van der Waals surface area (Å²) < 4.78 is 3.66. The first-order chi connectivity index (χ1) is 22.7. The molecule has 0 amide bonds. The fourth-order valence-electron chi connectivity index (χ4n) is 7.40. The average molecular weight is 610 g/mol. The fourth-order valence-corrected chi connectivity index (χ4v) is 8.71. The van der Waals surface area contributed by atoms with E-state index in [1.807, 2.05) is 17.4 Å². The third kappa shape index (κ3) is 4.44. The van der Waals surface area contributed by atoms with Gasteiger partial charge in [-0.2, -0.15) is 0 Å². The summed E-state index contributed by atoms with van der Waals surface area (Å²) in [6.45, 7) is 8.39. The van der Waals surface area contributed by atoms with Crippen LogP contribution >= 0.6 is 11.3 Å². The Hall–Kier alpha value is -5.18. The molecule has 0 radical (unpaired) electrons. The quantitative estimate of drug-likeness (QED) is 0.158. The highest BCUT2D eigenvalue weighted by atomic mass is 32.1. The van der Waals surface area contributed by atoms with E-state index in [-0.39, 0.29) is 0 Å². The molecule has 2 aromatic heterocycles. The molecule has 0 bridgehead atoms. The summed E-state index contributed by atoms with van der Waals surface area (Å²) in [5.41, 5.74) is 11.8. The molecule has 1 nitrogen and oxygen atoms in total. The minimum absolute atomic E-state index is 0.818. The second-order valence-corrected chi connectivity index (χ2v) is 12.9. The van der Waals surface area contributed by atoms with Crippen LogP contribution in [0.15, 0.2) is 140 Å². The van der Waals surface area contributed by atoms with Crippen molar-refractivity contribution in [2.75, 3.05) is 0 Å². The van der Waals surface area contributed by atoms with E-state index in [1.165, 1.54) is 86.5 Å². The summed E-state index contributed by atoms with van der Waals surface area (Å²) in [5, 5.41) is 6.60. The molecule has 0 saturated carbocycles. The van der Waals surface area contributed by atoms with E-state index < -0.39 is 0 Å². The maximum absolute atomic E-state index is 4.16. The van der Waals surface area contributed by atoms with Gasteiger partial charge in [0.1, 0.15) is 0 Å². The SMILES string of the molecule is C=Cc1c(C(=C\C)/C(/C=C\C)=C/CC=Cn2c3ccccc3c3c4ccc5c(c4ccc32)Cc2ccccc2-5)sc2ccccc12. The smallest absolute Gasteiger partial charge is 0.0541 e. The molecule has 2 heteroatoms. The summed E-state index contributed by atoms with van der Waals surface area (Å²) >= 11 is 1.84. The Labute approximate surface area is 274 Å². The summed E-state index contributed by atoms with van der Waals surface area (Å²) in [7, 11) is 0. The number of para-hydroxylation sites is 1. The summed E-state index contributed by atoms with van der Waals surface area (Å²) in [5.74, 6) is 0. The maximum atomic E-state index is 4.16. The van der Waals surface area contributed by atoms with Crippen molar-refractivity contribution in [3.8, 4) is 11.1 Å². The van der Waals surface area contributed by atoms with Gasteiger partial charge < -0.3 is 4.57 Å². The molecule has 0 fully saturated rings. The van der Waals surface area contributed by atoms with Crippen LogP contribution in [0.1, 0.15) is 41.8 Å². The predicted molar refractivity (Wildman–Crippen MR) is 204 cm³/mol. The number of hydrogen-bond acceptors (Lipinski definition) is 1. The molecule has 7 aromatic rings. The minimum atomic E-state index is 0.818. The Morgan fingerprint density at radius 3 is 2.41 bits per heavy atom. The zero-order valence-electron chi connectivity index (χ0n) is 26.3. The minimum Gasteiger partial charge on any atom is -0.316 e. The van der Waals surface area contributed by atoms with Crippen molar-refractivity contribution in [3.05, 3.63) is 161 Å². The number of thiophene rings is 1. The molecule has 0 N–H and O–H groups in total. The van der Waals surface area contributed by atoms with Crippen molar-refractivity contribution in [1.29, 1.82) is 0 Å². The molecule has 0 atom stereocenters. The molecule has 46 heavy (non-hydrogen) atoms. The summed E-state index contributed by atoms with van der Waals surface area (Å²) in [6.07, 6.45) is 17.3. The van der Waals surface area contributed by atoms with Crippen LogP contribution in [0.2, 0.25) is 0 Å². The molecule has 1 aliphatic carbocycles. The van der Waals surface area contributed by atoms with Crippen LogP contribution < -0.4 is 0 Å². The lowest BCUT2D eigenvalue weighted by Crippen LogP contribution is -1.89. The molecule has 0 spiro atoms. The fraction of sp³-hybridized carbons (Fsp3) is 0.0909. The van der Waals surface area contributed by atoms with Crippen molar-refractivity contribution in [2.24, 2.45) is 0 Å². The number of aromatic nitrogens is 1. The van der Waals surface area contributed by atoms with Gasteiger partial charge in [-0.3, -0.25) is 0 Å². The Balaban J connectivity index is 1.18. The van der Waals surface area contributed by atoms with Gasteiger partial charge >= 0.3 is 0 Å². The van der Waals surface area contributed by atoms with Crippen LogP contribution in [0.5, 0.6) is 0 Å². The third-order valence-electron chi connectivity index (χ3n) is 9.41. The lowest BCUT2D eigenvalue weighted by Gasteiger charge is -2.09. The molecule has 1 aliphatic rings. The van der Waals surface area contributed by atoms with Crippen molar-refractivity contribution in [1.82, 2.24) is 4.57 Å². The largest absolute Gasteiger partial charge is 0.316 e. The van der Waals surface area contributed by atoms with Crippen LogP contribution in [0.3, 0.4) is 0 Å². The number of fused-ring (bicyclic) bond motifs is 10.